The molecule has 0 aliphatic rings. The second-order valence-electron chi connectivity index (χ2n) is 5.49. The summed E-state index contributed by atoms with van der Waals surface area (Å²) in [5.41, 5.74) is 2.98. The smallest absolute Gasteiger partial charge is 0.244 e. The Kier molecular flexibility index (Phi) is 6.52. The molecule has 0 aliphatic heterocycles. The van der Waals surface area contributed by atoms with E-state index in [1.807, 2.05) is 54.6 Å². The van der Waals surface area contributed by atoms with Crippen LogP contribution in [0.4, 0.5) is 0 Å². The van der Waals surface area contributed by atoms with Gasteiger partial charge >= 0.3 is 0 Å². The van der Waals surface area contributed by atoms with Crippen molar-refractivity contribution < 1.29 is 4.79 Å². The molecule has 6 heteroatoms. The van der Waals surface area contributed by atoms with Crippen LogP contribution in [-0.4, -0.2) is 28.2 Å². The number of aromatic nitrogens is 2. The number of aromatic amines is 1. The van der Waals surface area contributed by atoms with Crippen LogP contribution in [0, 0.1) is 0 Å². The molecule has 2 aromatic carbocycles. The molecule has 132 valence electrons. The topological polar surface area (TPSA) is 57.8 Å². The van der Waals surface area contributed by atoms with Crippen molar-refractivity contribution in [1.29, 1.82) is 0 Å². The second-order valence-corrected chi connectivity index (χ2v) is 7.01. The third kappa shape index (κ3) is 5.51. The minimum Gasteiger partial charge on any atom is -0.352 e. The molecule has 0 fully saturated rings. The van der Waals surface area contributed by atoms with Crippen molar-refractivity contribution in [2.45, 2.75) is 5.16 Å². The SMILES string of the molecule is O=C(/C=C/c1ccccc1)NCCSc1ncc(-c2ccc(Cl)cc2)[nH]1. The summed E-state index contributed by atoms with van der Waals surface area (Å²) in [4.78, 5) is 19.4. The lowest BCUT2D eigenvalue weighted by molar-refractivity contribution is -0.116. The van der Waals surface area contributed by atoms with Crippen LogP contribution in [0.2, 0.25) is 5.02 Å². The first-order valence-electron chi connectivity index (χ1n) is 8.15. The molecule has 3 rings (SSSR count). The van der Waals surface area contributed by atoms with Gasteiger partial charge in [0.25, 0.3) is 0 Å². The first-order chi connectivity index (χ1) is 12.7. The standard InChI is InChI=1S/C20H18ClN3OS/c21-17-9-7-16(8-10-17)18-14-23-20(24-18)26-13-12-22-19(25)11-6-15-4-2-1-3-5-15/h1-11,14H,12-13H2,(H,22,25)(H,23,24)/b11-6+. The fourth-order valence-electron chi connectivity index (χ4n) is 2.27. The van der Waals surface area contributed by atoms with Gasteiger partial charge in [-0.2, -0.15) is 0 Å². The Morgan fingerprint density at radius 3 is 2.69 bits per heavy atom. The highest BCUT2D eigenvalue weighted by Crippen LogP contribution is 2.22. The molecule has 2 N–H and O–H groups in total. The Bertz CT molecular complexity index is 876. The lowest BCUT2D eigenvalue weighted by Crippen LogP contribution is -2.23. The number of amides is 1. The molecule has 0 bridgehead atoms. The third-order valence-corrected chi connectivity index (χ3v) is 4.72. The van der Waals surface area contributed by atoms with Crippen molar-refractivity contribution >= 4 is 35.3 Å². The molecule has 0 saturated carbocycles. The maximum absolute atomic E-state index is 11.8. The Balaban J connectivity index is 1.42. The molecule has 0 saturated heterocycles. The molecule has 0 radical (unpaired) electrons. The molecule has 0 spiro atoms. The van der Waals surface area contributed by atoms with Gasteiger partial charge in [0, 0.05) is 23.4 Å². The number of halogens is 1. The van der Waals surface area contributed by atoms with E-state index in [2.05, 4.69) is 15.3 Å². The number of rotatable bonds is 7. The summed E-state index contributed by atoms with van der Waals surface area (Å²) in [6.45, 7) is 0.569. The van der Waals surface area contributed by atoms with Crippen molar-refractivity contribution in [2.75, 3.05) is 12.3 Å². The lowest BCUT2D eigenvalue weighted by Gasteiger charge is -2.01. The molecule has 1 amide bonds. The van der Waals surface area contributed by atoms with E-state index < -0.39 is 0 Å². The predicted octanol–water partition coefficient (Wildman–Crippen LogP) is 4.65. The van der Waals surface area contributed by atoms with E-state index in [-0.39, 0.29) is 5.91 Å². The number of nitrogens with zero attached hydrogens (tertiary/aromatic N) is 1. The fourth-order valence-corrected chi connectivity index (χ4v) is 3.10. The monoisotopic (exact) mass is 383 g/mol. The number of hydrogen-bond donors (Lipinski definition) is 2. The van der Waals surface area contributed by atoms with Crippen LogP contribution in [0.5, 0.6) is 0 Å². The highest BCUT2D eigenvalue weighted by molar-refractivity contribution is 7.99. The van der Waals surface area contributed by atoms with E-state index in [1.165, 1.54) is 0 Å². The number of nitrogens with one attached hydrogen (secondary N) is 2. The molecule has 1 heterocycles. The van der Waals surface area contributed by atoms with Crippen LogP contribution in [0.1, 0.15) is 5.56 Å². The molecular weight excluding hydrogens is 366 g/mol. The van der Waals surface area contributed by atoms with Crippen molar-refractivity contribution in [3.8, 4) is 11.3 Å². The number of hydrogen-bond acceptors (Lipinski definition) is 3. The predicted molar refractivity (Wildman–Crippen MR) is 108 cm³/mol. The lowest BCUT2D eigenvalue weighted by atomic mass is 10.2. The van der Waals surface area contributed by atoms with E-state index in [1.54, 1.807) is 30.1 Å². The van der Waals surface area contributed by atoms with Crippen molar-refractivity contribution in [1.82, 2.24) is 15.3 Å². The summed E-state index contributed by atoms with van der Waals surface area (Å²) in [5.74, 6) is 0.633. The first-order valence-corrected chi connectivity index (χ1v) is 9.52. The van der Waals surface area contributed by atoms with E-state index >= 15 is 0 Å². The summed E-state index contributed by atoms with van der Waals surface area (Å²) in [5, 5.41) is 4.40. The Morgan fingerprint density at radius 1 is 1.15 bits per heavy atom. The molecule has 4 nitrogen and oxygen atoms in total. The third-order valence-electron chi connectivity index (χ3n) is 3.57. The molecule has 0 atom stereocenters. The fraction of sp³-hybridized carbons (Fsp3) is 0.100. The van der Waals surface area contributed by atoms with Gasteiger partial charge in [0.05, 0.1) is 11.9 Å². The van der Waals surface area contributed by atoms with Crippen LogP contribution in [0.15, 0.2) is 72.0 Å². The van der Waals surface area contributed by atoms with E-state index in [0.717, 1.165) is 27.7 Å². The molecule has 26 heavy (non-hydrogen) atoms. The molecule has 0 aliphatic carbocycles. The zero-order valence-corrected chi connectivity index (χ0v) is 15.6. The number of imidazole rings is 1. The van der Waals surface area contributed by atoms with Gasteiger partial charge in [-0.05, 0) is 29.3 Å². The van der Waals surface area contributed by atoms with Crippen molar-refractivity contribution in [2.24, 2.45) is 0 Å². The molecule has 3 aromatic rings. The molecule has 1 aromatic heterocycles. The highest BCUT2D eigenvalue weighted by Gasteiger charge is 2.04. The Labute approximate surface area is 161 Å². The van der Waals surface area contributed by atoms with Gasteiger partial charge in [-0.3, -0.25) is 4.79 Å². The number of carbonyl (C=O) groups is 1. The number of thioether (sulfide) groups is 1. The van der Waals surface area contributed by atoms with Crippen molar-refractivity contribution in [3.63, 3.8) is 0 Å². The Morgan fingerprint density at radius 2 is 1.92 bits per heavy atom. The van der Waals surface area contributed by atoms with Crippen LogP contribution < -0.4 is 5.32 Å². The van der Waals surface area contributed by atoms with Gasteiger partial charge in [-0.15, -0.1) is 0 Å². The first kappa shape index (κ1) is 18.3. The molecule has 0 unspecified atom stereocenters. The van der Waals surface area contributed by atoms with Crippen molar-refractivity contribution in [3.05, 3.63) is 77.5 Å². The highest BCUT2D eigenvalue weighted by atomic mass is 35.5. The van der Waals surface area contributed by atoms with E-state index in [4.69, 9.17) is 11.6 Å². The van der Waals surface area contributed by atoms with Gasteiger partial charge in [0.1, 0.15) is 0 Å². The summed E-state index contributed by atoms with van der Waals surface area (Å²) < 4.78 is 0. The van der Waals surface area contributed by atoms with E-state index in [9.17, 15) is 4.79 Å². The zero-order chi connectivity index (χ0) is 18.2. The normalized spacial score (nSPS) is 11.0. The van der Waals surface area contributed by atoms with Gasteiger partial charge in [-0.25, -0.2) is 4.98 Å². The van der Waals surface area contributed by atoms with Gasteiger partial charge in [-0.1, -0.05) is 65.8 Å². The quantitative estimate of drug-likeness (QED) is 0.354. The van der Waals surface area contributed by atoms with Gasteiger partial charge < -0.3 is 10.3 Å². The summed E-state index contributed by atoms with van der Waals surface area (Å²) in [6, 6.07) is 17.3. The number of carbonyl (C=O) groups excluding carboxylic acids is 1. The van der Waals surface area contributed by atoms with Crippen LogP contribution in [-0.2, 0) is 4.79 Å². The maximum atomic E-state index is 11.8. The largest absolute Gasteiger partial charge is 0.352 e. The van der Waals surface area contributed by atoms with Crippen LogP contribution >= 0.6 is 23.4 Å². The number of benzene rings is 2. The van der Waals surface area contributed by atoms with E-state index in [0.29, 0.717) is 11.6 Å². The van der Waals surface area contributed by atoms with Crippen LogP contribution in [0.25, 0.3) is 17.3 Å². The van der Waals surface area contributed by atoms with Crippen LogP contribution in [0.3, 0.4) is 0 Å². The summed E-state index contributed by atoms with van der Waals surface area (Å²) >= 11 is 7.47. The molecular formula is C20H18ClN3OS. The Hall–Kier alpha value is -2.50. The maximum Gasteiger partial charge on any atom is 0.244 e. The zero-order valence-electron chi connectivity index (χ0n) is 14.0. The number of H-pyrrole nitrogens is 1. The average Bonchev–Trinajstić information content (AvgIpc) is 3.14. The van der Waals surface area contributed by atoms with Gasteiger partial charge in [0.15, 0.2) is 5.16 Å². The summed E-state index contributed by atoms with van der Waals surface area (Å²) in [7, 11) is 0. The minimum absolute atomic E-state index is 0.101. The average molecular weight is 384 g/mol. The second kappa shape index (κ2) is 9.27. The van der Waals surface area contributed by atoms with Gasteiger partial charge in [0.2, 0.25) is 5.91 Å². The summed E-state index contributed by atoms with van der Waals surface area (Å²) in [6.07, 6.45) is 5.14. The minimum atomic E-state index is -0.101.